The number of hydrogen-bond donors (Lipinski definition) is 1. The number of benzene rings is 2. The van der Waals surface area contributed by atoms with Crippen molar-refractivity contribution >= 4 is 22.6 Å². The zero-order valence-electron chi connectivity index (χ0n) is 15.3. The highest BCUT2D eigenvalue weighted by molar-refractivity contribution is 5.95. The predicted octanol–water partition coefficient (Wildman–Crippen LogP) is 4.12. The van der Waals surface area contributed by atoms with Gasteiger partial charge in [0.15, 0.2) is 6.10 Å². The number of amides is 1. The van der Waals surface area contributed by atoms with Crippen LogP contribution >= 0.6 is 0 Å². The number of aryl methyl sites for hydroxylation is 2. The van der Waals surface area contributed by atoms with Crippen molar-refractivity contribution in [2.24, 2.45) is 0 Å². The molecule has 1 amide bonds. The molecule has 5 heteroatoms. The van der Waals surface area contributed by atoms with Crippen LogP contribution < -0.4 is 15.7 Å². The second-order valence-corrected chi connectivity index (χ2v) is 6.40. The van der Waals surface area contributed by atoms with Gasteiger partial charge in [0, 0.05) is 23.2 Å². The van der Waals surface area contributed by atoms with E-state index >= 15 is 0 Å². The van der Waals surface area contributed by atoms with Gasteiger partial charge in [-0.25, -0.2) is 4.79 Å². The van der Waals surface area contributed by atoms with Crippen molar-refractivity contribution in [3.05, 3.63) is 69.6 Å². The van der Waals surface area contributed by atoms with Crippen LogP contribution in [0.25, 0.3) is 11.0 Å². The molecule has 0 bridgehead atoms. The average molecular weight is 351 g/mol. The first-order valence-corrected chi connectivity index (χ1v) is 8.43. The summed E-state index contributed by atoms with van der Waals surface area (Å²) in [5.41, 5.74) is 3.77. The van der Waals surface area contributed by atoms with Crippen molar-refractivity contribution in [2.75, 3.05) is 5.32 Å². The van der Waals surface area contributed by atoms with Gasteiger partial charge in [-0.05, 0) is 62.6 Å². The number of rotatable bonds is 4. The Balaban J connectivity index is 1.77. The van der Waals surface area contributed by atoms with Gasteiger partial charge in [0.05, 0.1) is 0 Å². The number of fused-ring (bicyclic) bond motifs is 1. The molecule has 0 fully saturated rings. The lowest BCUT2D eigenvalue weighted by Gasteiger charge is -2.16. The maximum Gasteiger partial charge on any atom is 0.336 e. The van der Waals surface area contributed by atoms with Gasteiger partial charge < -0.3 is 14.5 Å². The van der Waals surface area contributed by atoms with E-state index in [1.807, 2.05) is 45.0 Å². The number of nitrogens with one attached hydrogen (secondary N) is 1. The Morgan fingerprint density at radius 1 is 1.08 bits per heavy atom. The second kappa shape index (κ2) is 7.04. The molecule has 1 N–H and O–H groups in total. The van der Waals surface area contributed by atoms with Crippen LogP contribution in [-0.2, 0) is 4.79 Å². The van der Waals surface area contributed by atoms with E-state index in [0.717, 1.165) is 27.8 Å². The molecule has 0 spiro atoms. The van der Waals surface area contributed by atoms with E-state index in [1.54, 1.807) is 19.1 Å². The van der Waals surface area contributed by atoms with E-state index in [4.69, 9.17) is 9.15 Å². The molecule has 1 heterocycles. The van der Waals surface area contributed by atoms with Gasteiger partial charge in [-0.1, -0.05) is 12.1 Å². The Kier molecular flexibility index (Phi) is 4.80. The van der Waals surface area contributed by atoms with Gasteiger partial charge in [0.1, 0.15) is 11.3 Å². The summed E-state index contributed by atoms with van der Waals surface area (Å²) in [5.74, 6) is 0.222. The fraction of sp³-hybridized carbons (Fsp3) is 0.238. The molecule has 0 aliphatic carbocycles. The number of ether oxygens (including phenoxy) is 1. The van der Waals surface area contributed by atoms with E-state index in [1.165, 1.54) is 6.07 Å². The molecule has 0 aliphatic rings. The summed E-state index contributed by atoms with van der Waals surface area (Å²) >= 11 is 0. The minimum absolute atomic E-state index is 0.246. The molecule has 1 atom stereocenters. The fourth-order valence-corrected chi connectivity index (χ4v) is 2.76. The summed E-state index contributed by atoms with van der Waals surface area (Å²) < 4.78 is 10.9. The Morgan fingerprint density at radius 2 is 1.85 bits per heavy atom. The van der Waals surface area contributed by atoms with Crippen LogP contribution in [0.1, 0.15) is 23.6 Å². The second-order valence-electron chi connectivity index (χ2n) is 6.40. The zero-order chi connectivity index (χ0) is 18.8. The summed E-state index contributed by atoms with van der Waals surface area (Å²) in [4.78, 5) is 24.0. The molecule has 134 valence electrons. The third kappa shape index (κ3) is 3.61. The third-order valence-electron chi connectivity index (χ3n) is 4.47. The summed E-state index contributed by atoms with van der Waals surface area (Å²) in [6.45, 7) is 7.48. The lowest BCUT2D eigenvalue weighted by Crippen LogP contribution is -2.30. The number of carbonyl (C=O) groups excluding carboxylic acids is 1. The van der Waals surface area contributed by atoms with E-state index in [9.17, 15) is 9.59 Å². The molecule has 3 rings (SSSR count). The maximum atomic E-state index is 12.4. The summed E-state index contributed by atoms with van der Waals surface area (Å²) in [7, 11) is 0. The van der Waals surface area contributed by atoms with Crippen LogP contribution in [0.3, 0.4) is 0 Å². The van der Waals surface area contributed by atoms with Crippen molar-refractivity contribution < 1.29 is 13.9 Å². The van der Waals surface area contributed by atoms with Gasteiger partial charge >= 0.3 is 5.63 Å². The average Bonchev–Trinajstić information content (AvgIpc) is 2.58. The van der Waals surface area contributed by atoms with Crippen LogP contribution in [0, 0.1) is 20.8 Å². The first kappa shape index (κ1) is 17.7. The summed E-state index contributed by atoms with van der Waals surface area (Å²) in [6.07, 6.45) is -0.705. The van der Waals surface area contributed by atoms with E-state index in [-0.39, 0.29) is 5.91 Å². The largest absolute Gasteiger partial charge is 0.481 e. The lowest BCUT2D eigenvalue weighted by atomic mass is 10.1. The molecule has 0 unspecified atom stereocenters. The fourth-order valence-electron chi connectivity index (χ4n) is 2.76. The molecular formula is C21H21NO4. The van der Waals surface area contributed by atoms with Crippen molar-refractivity contribution in [3.63, 3.8) is 0 Å². The minimum atomic E-state index is -0.705. The van der Waals surface area contributed by atoms with Crippen LogP contribution in [0.4, 0.5) is 5.69 Å². The normalized spacial score (nSPS) is 12.0. The first-order valence-electron chi connectivity index (χ1n) is 8.43. The molecule has 2 aromatic carbocycles. The molecule has 3 aromatic rings. The lowest BCUT2D eigenvalue weighted by molar-refractivity contribution is -0.122. The van der Waals surface area contributed by atoms with Crippen LogP contribution in [-0.4, -0.2) is 12.0 Å². The Morgan fingerprint density at radius 3 is 2.62 bits per heavy atom. The van der Waals surface area contributed by atoms with Crippen molar-refractivity contribution in [2.45, 2.75) is 33.8 Å². The van der Waals surface area contributed by atoms with Gasteiger partial charge in [0.2, 0.25) is 0 Å². The highest BCUT2D eigenvalue weighted by Crippen LogP contribution is 2.23. The monoisotopic (exact) mass is 351 g/mol. The number of anilines is 1. The maximum absolute atomic E-state index is 12.4. The molecule has 0 radical (unpaired) electrons. The van der Waals surface area contributed by atoms with Crippen LogP contribution in [0.2, 0.25) is 0 Å². The Labute approximate surface area is 151 Å². The molecule has 26 heavy (non-hydrogen) atoms. The molecule has 1 aromatic heterocycles. The van der Waals surface area contributed by atoms with E-state index < -0.39 is 11.7 Å². The van der Waals surface area contributed by atoms with Crippen LogP contribution in [0.5, 0.6) is 5.75 Å². The smallest absolute Gasteiger partial charge is 0.336 e. The molecule has 0 aliphatic heterocycles. The minimum Gasteiger partial charge on any atom is -0.481 e. The quantitative estimate of drug-likeness (QED) is 0.718. The SMILES string of the molecule is Cc1cccc(NC(=O)[C@@H](C)Oc2ccc3c(C)cc(=O)oc3c2)c1C. The topological polar surface area (TPSA) is 68.5 Å². The van der Waals surface area contributed by atoms with Gasteiger partial charge in [-0.15, -0.1) is 0 Å². The zero-order valence-corrected chi connectivity index (χ0v) is 15.3. The van der Waals surface area contributed by atoms with Crippen LogP contribution in [0.15, 0.2) is 51.7 Å². The first-order chi connectivity index (χ1) is 12.3. The standard InChI is InChI=1S/C21H21NO4/c1-12-6-5-7-18(14(12)3)22-21(24)15(4)25-16-8-9-17-13(2)10-20(23)26-19(17)11-16/h5-11,15H,1-4H3,(H,22,24)/t15-/m1/s1. The summed E-state index contributed by atoms with van der Waals surface area (Å²) in [5, 5.41) is 3.73. The summed E-state index contributed by atoms with van der Waals surface area (Å²) in [6, 6.07) is 12.4. The van der Waals surface area contributed by atoms with Crippen molar-refractivity contribution in [1.82, 2.24) is 0 Å². The molecule has 5 nitrogen and oxygen atoms in total. The van der Waals surface area contributed by atoms with Crippen molar-refractivity contribution in [3.8, 4) is 5.75 Å². The number of carbonyl (C=O) groups is 1. The molecular weight excluding hydrogens is 330 g/mol. The Bertz CT molecular complexity index is 1040. The van der Waals surface area contributed by atoms with E-state index in [0.29, 0.717) is 11.3 Å². The predicted molar refractivity (Wildman–Crippen MR) is 102 cm³/mol. The molecule has 0 saturated heterocycles. The van der Waals surface area contributed by atoms with Gasteiger partial charge in [0.25, 0.3) is 5.91 Å². The van der Waals surface area contributed by atoms with Gasteiger partial charge in [-0.2, -0.15) is 0 Å². The number of hydrogen-bond acceptors (Lipinski definition) is 4. The highest BCUT2D eigenvalue weighted by Gasteiger charge is 2.16. The van der Waals surface area contributed by atoms with Crippen molar-refractivity contribution in [1.29, 1.82) is 0 Å². The highest BCUT2D eigenvalue weighted by atomic mass is 16.5. The van der Waals surface area contributed by atoms with Gasteiger partial charge in [-0.3, -0.25) is 4.79 Å². The molecule has 0 saturated carbocycles. The van der Waals surface area contributed by atoms with E-state index in [2.05, 4.69) is 5.32 Å². The Hall–Kier alpha value is -3.08. The third-order valence-corrected chi connectivity index (χ3v) is 4.47.